The molecule has 29 heavy (non-hydrogen) atoms. The molecule has 0 aliphatic rings. The molecular weight excluding hydrogens is 453 g/mol. The van der Waals surface area contributed by atoms with Crippen LogP contribution in [-0.4, -0.2) is 22.4 Å². The Hall–Kier alpha value is -2.38. The standard InChI is InChI=1S/C22H21BrFN3OS/c1-15-11-18(16(2)27(15)20-9-7-19(24)8-10-20)12-25-26-22(28)14-29-13-17-5-3-4-6-21(17)23/h3-12H,13-14H2,1-2H3,(H,26,28)/b25-12+. The highest BCUT2D eigenvalue weighted by Gasteiger charge is 2.10. The van der Waals surface area contributed by atoms with E-state index in [0.717, 1.165) is 38.4 Å². The van der Waals surface area contributed by atoms with Gasteiger partial charge in [-0.15, -0.1) is 11.8 Å². The molecule has 3 rings (SSSR count). The highest BCUT2D eigenvalue weighted by atomic mass is 79.9. The van der Waals surface area contributed by atoms with Crippen molar-refractivity contribution in [2.45, 2.75) is 19.6 Å². The summed E-state index contributed by atoms with van der Waals surface area (Å²) >= 11 is 5.04. The summed E-state index contributed by atoms with van der Waals surface area (Å²) in [4.78, 5) is 12.0. The van der Waals surface area contributed by atoms with Gasteiger partial charge in [-0.3, -0.25) is 4.79 Å². The van der Waals surface area contributed by atoms with E-state index in [4.69, 9.17) is 0 Å². The van der Waals surface area contributed by atoms with Gasteiger partial charge in [-0.2, -0.15) is 5.10 Å². The number of hydrogen-bond donors (Lipinski definition) is 1. The van der Waals surface area contributed by atoms with Crippen LogP contribution >= 0.6 is 27.7 Å². The van der Waals surface area contributed by atoms with Gasteiger partial charge in [0.15, 0.2) is 0 Å². The quantitative estimate of drug-likeness (QED) is 0.369. The number of benzene rings is 2. The normalized spacial score (nSPS) is 11.2. The lowest BCUT2D eigenvalue weighted by Gasteiger charge is -2.09. The van der Waals surface area contributed by atoms with Crippen LogP contribution in [0, 0.1) is 19.7 Å². The molecule has 4 nitrogen and oxygen atoms in total. The minimum absolute atomic E-state index is 0.148. The van der Waals surface area contributed by atoms with E-state index in [0.29, 0.717) is 5.75 Å². The van der Waals surface area contributed by atoms with Crippen molar-refractivity contribution in [1.29, 1.82) is 0 Å². The number of carbonyl (C=O) groups is 1. The summed E-state index contributed by atoms with van der Waals surface area (Å²) in [6.07, 6.45) is 1.64. The summed E-state index contributed by atoms with van der Waals surface area (Å²) in [5.74, 6) is 0.661. The minimum Gasteiger partial charge on any atom is -0.318 e. The van der Waals surface area contributed by atoms with E-state index in [1.807, 2.05) is 48.7 Å². The fourth-order valence-corrected chi connectivity index (χ4v) is 4.42. The number of amides is 1. The van der Waals surface area contributed by atoms with Crippen LogP contribution in [0.4, 0.5) is 4.39 Å². The van der Waals surface area contributed by atoms with Gasteiger partial charge in [0.05, 0.1) is 12.0 Å². The molecule has 1 N–H and O–H groups in total. The van der Waals surface area contributed by atoms with Crippen LogP contribution in [-0.2, 0) is 10.5 Å². The summed E-state index contributed by atoms with van der Waals surface area (Å²) in [5, 5.41) is 4.09. The van der Waals surface area contributed by atoms with Crippen LogP contribution in [0.2, 0.25) is 0 Å². The summed E-state index contributed by atoms with van der Waals surface area (Å²) in [7, 11) is 0. The maximum atomic E-state index is 13.2. The Balaban J connectivity index is 1.56. The zero-order chi connectivity index (χ0) is 20.8. The lowest BCUT2D eigenvalue weighted by atomic mass is 10.2. The highest BCUT2D eigenvalue weighted by Crippen LogP contribution is 2.21. The molecule has 0 bridgehead atoms. The van der Waals surface area contributed by atoms with Gasteiger partial charge in [-0.25, -0.2) is 9.82 Å². The first-order valence-corrected chi connectivity index (χ1v) is 11.0. The second-order valence-corrected chi connectivity index (χ2v) is 8.36. The highest BCUT2D eigenvalue weighted by molar-refractivity contribution is 9.10. The number of nitrogens with one attached hydrogen (secondary N) is 1. The summed E-state index contributed by atoms with van der Waals surface area (Å²) in [5.41, 5.74) is 7.48. The second-order valence-electron chi connectivity index (χ2n) is 6.52. The van der Waals surface area contributed by atoms with Crippen molar-refractivity contribution in [2.75, 3.05) is 5.75 Å². The molecule has 7 heteroatoms. The predicted molar refractivity (Wildman–Crippen MR) is 121 cm³/mol. The van der Waals surface area contributed by atoms with Crippen LogP contribution in [0.15, 0.2) is 64.2 Å². The third kappa shape index (κ3) is 5.58. The smallest absolute Gasteiger partial charge is 0.250 e. The fraction of sp³-hybridized carbons (Fsp3) is 0.182. The molecule has 0 spiro atoms. The lowest BCUT2D eigenvalue weighted by molar-refractivity contribution is -0.118. The number of halogens is 2. The number of thioether (sulfide) groups is 1. The molecule has 1 aromatic heterocycles. The molecule has 150 valence electrons. The van der Waals surface area contributed by atoms with E-state index in [-0.39, 0.29) is 11.7 Å². The molecule has 0 aliphatic carbocycles. The molecule has 0 saturated carbocycles. The molecule has 0 radical (unpaired) electrons. The van der Waals surface area contributed by atoms with Crippen LogP contribution < -0.4 is 5.43 Å². The van der Waals surface area contributed by atoms with Crippen molar-refractivity contribution in [3.8, 4) is 5.69 Å². The van der Waals surface area contributed by atoms with Crippen molar-refractivity contribution in [2.24, 2.45) is 5.10 Å². The largest absolute Gasteiger partial charge is 0.318 e. The molecule has 3 aromatic rings. The third-order valence-corrected chi connectivity index (χ3v) is 6.15. The average molecular weight is 474 g/mol. The first kappa shape index (κ1) is 21.3. The van der Waals surface area contributed by atoms with E-state index in [1.54, 1.807) is 18.3 Å². The van der Waals surface area contributed by atoms with Crippen LogP contribution in [0.1, 0.15) is 22.5 Å². The van der Waals surface area contributed by atoms with Gasteiger partial charge in [0, 0.05) is 32.9 Å². The Morgan fingerprint density at radius 3 is 2.66 bits per heavy atom. The van der Waals surface area contributed by atoms with Crippen molar-refractivity contribution in [1.82, 2.24) is 9.99 Å². The molecule has 0 fully saturated rings. The zero-order valence-corrected chi connectivity index (χ0v) is 18.6. The van der Waals surface area contributed by atoms with Crippen molar-refractivity contribution < 1.29 is 9.18 Å². The van der Waals surface area contributed by atoms with Gasteiger partial charge in [0.1, 0.15) is 5.82 Å². The van der Waals surface area contributed by atoms with Crippen molar-refractivity contribution in [3.05, 3.63) is 87.4 Å². The first-order chi connectivity index (χ1) is 14.0. The number of carbonyl (C=O) groups excluding carboxylic acids is 1. The zero-order valence-electron chi connectivity index (χ0n) is 16.2. The average Bonchev–Trinajstić information content (AvgIpc) is 2.98. The molecule has 0 unspecified atom stereocenters. The Morgan fingerprint density at radius 1 is 1.21 bits per heavy atom. The molecule has 0 saturated heterocycles. The number of nitrogens with zero attached hydrogens (tertiary/aromatic N) is 2. The summed E-state index contributed by atoms with van der Waals surface area (Å²) in [6.45, 7) is 3.94. The van der Waals surface area contributed by atoms with Gasteiger partial charge in [0.2, 0.25) is 5.91 Å². The topological polar surface area (TPSA) is 46.4 Å². The molecule has 1 amide bonds. The number of aromatic nitrogens is 1. The van der Waals surface area contributed by atoms with E-state index in [1.165, 1.54) is 23.9 Å². The van der Waals surface area contributed by atoms with Gasteiger partial charge in [-0.1, -0.05) is 34.1 Å². The van der Waals surface area contributed by atoms with Gasteiger partial charge >= 0.3 is 0 Å². The van der Waals surface area contributed by atoms with E-state index in [2.05, 4.69) is 26.5 Å². The third-order valence-electron chi connectivity index (χ3n) is 4.40. The Labute approximate surface area is 182 Å². The number of hydrogen-bond acceptors (Lipinski definition) is 3. The molecule has 1 heterocycles. The van der Waals surface area contributed by atoms with E-state index < -0.39 is 0 Å². The molecule has 0 aliphatic heterocycles. The summed E-state index contributed by atoms with van der Waals surface area (Å²) < 4.78 is 16.2. The Morgan fingerprint density at radius 2 is 1.93 bits per heavy atom. The van der Waals surface area contributed by atoms with Gasteiger partial charge in [-0.05, 0) is 55.8 Å². The number of aryl methyl sites for hydroxylation is 1. The van der Waals surface area contributed by atoms with Crippen LogP contribution in [0.5, 0.6) is 0 Å². The van der Waals surface area contributed by atoms with Gasteiger partial charge in [0.25, 0.3) is 0 Å². The SMILES string of the molecule is Cc1cc(/C=N/NC(=O)CSCc2ccccc2Br)c(C)n1-c1ccc(F)cc1. The monoisotopic (exact) mass is 473 g/mol. The molecule has 0 atom stereocenters. The lowest BCUT2D eigenvalue weighted by Crippen LogP contribution is -2.19. The maximum absolute atomic E-state index is 13.2. The molecule has 2 aromatic carbocycles. The minimum atomic E-state index is -0.266. The maximum Gasteiger partial charge on any atom is 0.250 e. The van der Waals surface area contributed by atoms with E-state index in [9.17, 15) is 9.18 Å². The Bertz CT molecular complexity index is 1030. The van der Waals surface area contributed by atoms with E-state index >= 15 is 0 Å². The predicted octanol–water partition coefficient (Wildman–Crippen LogP) is 5.38. The molecular formula is C22H21BrFN3OS. The summed E-state index contributed by atoms with van der Waals surface area (Å²) in [6, 6.07) is 16.3. The van der Waals surface area contributed by atoms with Crippen molar-refractivity contribution in [3.63, 3.8) is 0 Å². The second kappa shape index (κ2) is 9.89. The Kier molecular flexibility index (Phi) is 7.28. The fourth-order valence-electron chi connectivity index (χ4n) is 2.98. The van der Waals surface area contributed by atoms with Gasteiger partial charge < -0.3 is 4.57 Å². The van der Waals surface area contributed by atoms with Crippen LogP contribution in [0.25, 0.3) is 5.69 Å². The van der Waals surface area contributed by atoms with Crippen molar-refractivity contribution >= 4 is 39.8 Å². The number of rotatable bonds is 7. The number of hydrazone groups is 1. The van der Waals surface area contributed by atoms with Crippen LogP contribution in [0.3, 0.4) is 0 Å². The first-order valence-electron chi connectivity index (χ1n) is 9.03.